The molecule has 0 saturated carbocycles. The Bertz CT molecular complexity index is 941. The van der Waals surface area contributed by atoms with Crippen LogP contribution in [0.5, 0.6) is 0 Å². The van der Waals surface area contributed by atoms with E-state index in [2.05, 4.69) is 15.0 Å². The lowest BCUT2D eigenvalue weighted by molar-refractivity contribution is -0.0891. The predicted octanol–water partition coefficient (Wildman–Crippen LogP) is 1.74. The molecule has 30 heavy (non-hydrogen) atoms. The summed E-state index contributed by atoms with van der Waals surface area (Å²) in [6.07, 6.45) is 2.44. The van der Waals surface area contributed by atoms with Crippen molar-refractivity contribution < 1.29 is 23.1 Å². The van der Waals surface area contributed by atoms with Gasteiger partial charge in [0.25, 0.3) is 5.91 Å². The number of hydrogen-bond donors (Lipinski definition) is 3. The van der Waals surface area contributed by atoms with Crippen LogP contribution < -0.4 is 10.0 Å². The van der Waals surface area contributed by atoms with Crippen molar-refractivity contribution in [3.05, 3.63) is 59.4 Å². The van der Waals surface area contributed by atoms with E-state index < -0.39 is 16.1 Å². The Morgan fingerprint density at radius 3 is 2.63 bits per heavy atom. The molecule has 3 rings (SSSR count). The maximum atomic E-state index is 12.3. The van der Waals surface area contributed by atoms with Crippen LogP contribution >= 0.6 is 11.6 Å². The Morgan fingerprint density at radius 2 is 1.97 bits per heavy atom. The van der Waals surface area contributed by atoms with Crippen molar-refractivity contribution in [2.75, 3.05) is 13.2 Å². The molecule has 162 valence electrons. The molecule has 0 spiro atoms. The number of aliphatic hydroxyl groups excluding tert-OH is 1. The maximum Gasteiger partial charge on any atom is 0.270 e. The monoisotopic (exact) mass is 453 g/mol. The molecule has 0 unspecified atom stereocenters. The lowest BCUT2D eigenvalue weighted by atomic mass is 9.97. The number of carbonyl (C=O) groups is 1. The lowest BCUT2D eigenvalue weighted by Crippen LogP contribution is -2.51. The Labute approximate surface area is 180 Å². The van der Waals surface area contributed by atoms with Crippen LogP contribution in [0.2, 0.25) is 5.02 Å². The Morgan fingerprint density at radius 1 is 1.20 bits per heavy atom. The standard InChI is InChI=1S/C20H24ClN3O5S/c21-14-4-7-16(8-5-14)30(27,28)23-12-10-15-6-9-17(19(13-25)29-15)24-20(26)18-3-1-2-11-22-18/h1-5,7-8,11,15,17,19,23,25H,6,9-10,12-13H2,(H,24,26)/t15-,17-,19+/m0/s1. The average Bonchev–Trinajstić information content (AvgIpc) is 2.75. The molecule has 0 aliphatic carbocycles. The molecular formula is C20H24ClN3O5S. The van der Waals surface area contributed by atoms with Crippen molar-refractivity contribution >= 4 is 27.5 Å². The van der Waals surface area contributed by atoms with Crippen LogP contribution in [-0.4, -0.2) is 55.8 Å². The number of aliphatic hydroxyl groups is 1. The molecule has 8 nitrogen and oxygen atoms in total. The molecule has 0 radical (unpaired) electrons. The molecule has 1 aromatic carbocycles. The fourth-order valence-electron chi connectivity index (χ4n) is 3.30. The predicted molar refractivity (Wildman–Crippen MR) is 112 cm³/mol. The van der Waals surface area contributed by atoms with Crippen molar-refractivity contribution in [3.63, 3.8) is 0 Å². The number of halogens is 1. The zero-order valence-electron chi connectivity index (χ0n) is 16.2. The summed E-state index contributed by atoms with van der Waals surface area (Å²) in [4.78, 5) is 16.5. The van der Waals surface area contributed by atoms with Gasteiger partial charge in [0.05, 0.1) is 23.6 Å². The van der Waals surface area contributed by atoms with Crippen LogP contribution in [-0.2, 0) is 14.8 Å². The molecule has 1 aliphatic heterocycles. The van der Waals surface area contributed by atoms with Gasteiger partial charge in [-0.1, -0.05) is 17.7 Å². The number of nitrogens with zero attached hydrogens (tertiary/aromatic N) is 1. The molecule has 1 amide bonds. The first kappa shape index (κ1) is 22.6. The van der Waals surface area contributed by atoms with E-state index in [1.54, 1.807) is 18.2 Å². The van der Waals surface area contributed by atoms with Gasteiger partial charge in [-0.2, -0.15) is 0 Å². The first-order valence-electron chi connectivity index (χ1n) is 9.62. The second kappa shape index (κ2) is 10.3. The third kappa shape index (κ3) is 5.99. The van der Waals surface area contributed by atoms with Gasteiger partial charge in [0.15, 0.2) is 0 Å². The normalized spacial score (nSPS) is 21.9. The van der Waals surface area contributed by atoms with Gasteiger partial charge >= 0.3 is 0 Å². The van der Waals surface area contributed by atoms with Gasteiger partial charge in [-0.05, 0) is 55.7 Å². The van der Waals surface area contributed by atoms with Gasteiger partial charge in [-0.25, -0.2) is 13.1 Å². The van der Waals surface area contributed by atoms with E-state index in [0.717, 1.165) is 0 Å². The number of amides is 1. The van der Waals surface area contributed by atoms with Gasteiger partial charge in [0, 0.05) is 17.8 Å². The molecule has 2 heterocycles. The minimum atomic E-state index is -3.63. The minimum absolute atomic E-state index is 0.141. The summed E-state index contributed by atoms with van der Waals surface area (Å²) >= 11 is 5.79. The lowest BCUT2D eigenvalue weighted by Gasteiger charge is -2.36. The van der Waals surface area contributed by atoms with Crippen LogP contribution in [0.1, 0.15) is 29.8 Å². The van der Waals surface area contributed by atoms with Crippen LogP contribution in [0.4, 0.5) is 0 Å². The number of nitrogens with one attached hydrogen (secondary N) is 2. The molecule has 0 bridgehead atoms. The minimum Gasteiger partial charge on any atom is -0.394 e. The SMILES string of the molecule is O=C(N[C@H]1CC[C@@H](CCNS(=O)(=O)c2ccc(Cl)cc2)O[C@@H]1CO)c1ccccn1. The van der Waals surface area contributed by atoms with Crippen molar-refractivity contribution in [1.82, 2.24) is 15.0 Å². The van der Waals surface area contributed by atoms with Gasteiger partial charge in [-0.3, -0.25) is 9.78 Å². The van der Waals surface area contributed by atoms with E-state index in [0.29, 0.717) is 30.0 Å². The Hall–Kier alpha value is -2.04. The first-order chi connectivity index (χ1) is 14.4. The maximum absolute atomic E-state index is 12.3. The van der Waals surface area contributed by atoms with Crippen LogP contribution in [0.25, 0.3) is 0 Å². The topological polar surface area (TPSA) is 118 Å². The highest BCUT2D eigenvalue weighted by molar-refractivity contribution is 7.89. The van der Waals surface area contributed by atoms with Gasteiger partial charge in [0.2, 0.25) is 10.0 Å². The highest BCUT2D eigenvalue weighted by Gasteiger charge is 2.32. The number of sulfonamides is 1. The third-order valence-electron chi connectivity index (χ3n) is 4.89. The van der Waals surface area contributed by atoms with Crippen molar-refractivity contribution in [3.8, 4) is 0 Å². The molecule has 1 fully saturated rings. The number of hydrogen-bond acceptors (Lipinski definition) is 6. The summed E-state index contributed by atoms with van der Waals surface area (Å²) in [5, 5.41) is 13.0. The van der Waals surface area contributed by atoms with Gasteiger partial charge in [0.1, 0.15) is 11.8 Å². The van der Waals surface area contributed by atoms with Gasteiger partial charge in [-0.15, -0.1) is 0 Å². The van der Waals surface area contributed by atoms with E-state index >= 15 is 0 Å². The van der Waals surface area contributed by atoms with E-state index in [4.69, 9.17) is 16.3 Å². The van der Waals surface area contributed by atoms with E-state index in [-0.39, 0.29) is 36.1 Å². The van der Waals surface area contributed by atoms with Crippen molar-refractivity contribution in [2.45, 2.75) is 42.4 Å². The van der Waals surface area contributed by atoms with Crippen LogP contribution in [0.15, 0.2) is 53.6 Å². The number of carbonyl (C=O) groups excluding carboxylic acids is 1. The zero-order chi connectivity index (χ0) is 21.6. The van der Waals surface area contributed by atoms with Crippen molar-refractivity contribution in [1.29, 1.82) is 0 Å². The number of ether oxygens (including phenoxy) is 1. The molecule has 2 aromatic rings. The molecular weight excluding hydrogens is 430 g/mol. The number of benzene rings is 1. The highest BCUT2D eigenvalue weighted by Crippen LogP contribution is 2.22. The quantitative estimate of drug-likeness (QED) is 0.560. The number of rotatable bonds is 8. The second-order valence-electron chi connectivity index (χ2n) is 6.99. The largest absolute Gasteiger partial charge is 0.394 e. The van der Waals surface area contributed by atoms with E-state index in [1.807, 2.05) is 0 Å². The van der Waals surface area contributed by atoms with E-state index in [1.165, 1.54) is 30.5 Å². The summed E-state index contributed by atoms with van der Waals surface area (Å²) in [6.45, 7) is -0.0566. The van der Waals surface area contributed by atoms with Crippen molar-refractivity contribution in [2.24, 2.45) is 0 Å². The molecule has 10 heteroatoms. The van der Waals surface area contributed by atoms with Crippen LogP contribution in [0, 0.1) is 0 Å². The summed E-state index contributed by atoms with van der Waals surface area (Å²) in [5.74, 6) is -0.322. The number of aromatic nitrogens is 1. The Balaban J connectivity index is 1.49. The first-order valence-corrected chi connectivity index (χ1v) is 11.5. The summed E-state index contributed by atoms with van der Waals surface area (Å²) in [6, 6.07) is 10.6. The number of pyridine rings is 1. The van der Waals surface area contributed by atoms with Crippen LogP contribution in [0.3, 0.4) is 0 Å². The summed E-state index contributed by atoms with van der Waals surface area (Å²) in [7, 11) is -3.63. The smallest absolute Gasteiger partial charge is 0.270 e. The molecule has 3 N–H and O–H groups in total. The average molecular weight is 454 g/mol. The third-order valence-corrected chi connectivity index (χ3v) is 6.62. The summed E-state index contributed by atoms with van der Waals surface area (Å²) in [5.41, 5.74) is 0.299. The summed E-state index contributed by atoms with van der Waals surface area (Å²) < 4.78 is 33.1. The molecule has 1 aromatic heterocycles. The fraction of sp³-hybridized carbons (Fsp3) is 0.400. The van der Waals surface area contributed by atoms with E-state index in [9.17, 15) is 18.3 Å². The molecule has 1 aliphatic rings. The second-order valence-corrected chi connectivity index (χ2v) is 9.20. The molecule has 1 saturated heterocycles. The van der Waals surface area contributed by atoms with Gasteiger partial charge < -0.3 is 15.2 Å². The Kier molecular flexibility index (Phi) is 7.79. The fourth-order valence-corrected chi connectivity index (χ4v) is 4.47. The molecule has 3 atom stereocenters. The highest BCUT2D eigenvalue weighted by atomic mass is 35.5. The zero-order valence-corrected chi connectivity index (χ0v) is 17.8.